The summed E-state index contributed by atoms with van der Waals surface area (Å²) in [5.74, 6) is -0.869. The first-order valence-corrected chi connectivity index (χ1v) is 10.9. The lowest BCUT2D eigenvalue weighted by Gasteiger charge is -2.40. The molecule has 10 nitrogen and oxygen atoms in total. The van der Waals surface area contributed by atoms with Gasteiger partial charge in [-0.2, -0.15) is 0 Å². The SMILES string of the molecule is CC(=O)NC1C(O/N=C2\C(=O)N(Cc3ccccc3)c3ccc(C)cc32)OC(CO)C(O)C1O. The zero-order chi connectivity index (χ0) is 24.4. The number of nitrogens with zero attached hydrogens (tertiary/aromatic N) is 2. The minimum atomic E-state index is -1.48. The number of carbonyl (C=O) groups is 2. The maximum Gasteiger partial charge on any atom is 0.281 e. The average Bonchev–Trinajstić information content (AvgIpc) is 3.07. The molecule has 2 aliphatic heterocycles. The molecule has 10 heteroatoms. The number of aliphatic hydroxyl groups excluding tert-OH is 3. The number of aryl methyl sites for hydroxylation is 1. The first-order valence-electron chi connectivity index (χ1n) is 10.9. The molecular formula is C24H27N3O7. The largest absolute Gasteiger partial charge is 0.394 e. The van der Waals surface area contributed by atoms with Gasteiger partial charge in [0.15, 0.2) is 5.71 Å². The lowest BCUT2D eigenvalue weighted by atomic mass is 9.97. The third-order valence-corrected chi connectivity index (χ3v) is 5.83. The number of amides is 2. The second kappa shape index (κ2) is 9.90. The van der Waals surface area contributed by atoms with E-state index in [0.717, 1.165) is 11.1 Å². The number of nitrogens with one attached hydrogen (secondary N) is 1. The fourth-order valence-electron chi connectivity index (χ4n) is 4.10. The lowest BCUT2D eigenvalue weighted by molar-refractivity contribution is -0.270. The molecular weight excluding hydrogens is 442 g/mol. The van der Waals surface area contributed by atoms with Gasteiger partial charge in [-0.15, -0.1) is 0 Å². The van der Waals surface area contributed by atoms with Gasteiger partial charge in [0, 0.05) is 12.5 Å². The molecule has 34 heavy (non-hydrogen) atoms. The van der Waals surface area contributed by atoms with E-state index in [-0.39, 0.29) is 11.6 Å². The first kappa shape index (κ1) is 23.8. The van der Waals surface area contributed by atoms with Crippen LogP contribution in [0.2, 0.25) is 0 Å². The molecule has 2 heterocycles. The van der Waals surface area contributed by atoms with Crippen molar-refractivity contribution in [2.24, 2.45) is 5.16 Å². The van der Waals surface area contributed by atoms with Crippen LogP contribution in [0.5, 0.6) is 0 Å². The van der Waals surface area contributed by atoms with E-state index in [0.29, 0.717) is 17.8 Å². The molecule has 1 fully saturated rings. The van der Waals surface area contributed by atoms with Crippen LogP contribution in [0.4, 0.5) is 5.69 Å². The summed E-state index contributed by atoms with van der Waals surface area (Å²) in [5, 5.41) is 36.6. The topological polar surface area (TPSA) is 141 Å². The highest BCUT2D eigenvalue weighted by molar-refractivity contribution is 6.54. The maximum atomic E-state index is 13.3. The summed E-state index contributed by atoms with van der Waals surface area (Å²) in [6, 6.07) is 13.9. The summed E-state index contributed by atoms with van der Waals surface area (Å²) < 4.78 is 5.53. The third kappa shape index (κ3) is 4.66. The van der Waals surface area contributed by atoms with E-state index in [1.165, 1.54) is 6.92 Å². The highest BCUT2D eigenvalue weighted by Crippen LogP contribution is 2.32. The van der Waals surface area contributed by atoms with Crippen molar-refractivity contribution in [3.8, 4) is 0 Å². The second-order valence-electron chi connectivity index (χ2n) is 8.38. The number of oxime groups is 1. The van der Waals surface area contributed by atoms with Crippen LogP contribution < -0.4 is 10.2 Å². The summed E-state index contributed by atoms with van der Waals surface area (Å²) in [4.78, 5) is 32.1. The Hall–Kier alpha value is -3.31. The summed E-state index contributed by atoms with van der Waals surface area (Å²) in [6.07, 6.45) is -5.44. The molecule has 0 radical (unpaired) electrons. The van der Waals surface area contributed by atoms with Crippen molar-refractivity contribution in [3.63, 3.8) is 0 Å². The predicted molar refractivity (Wildman–Crippen MR) is 122 cm³/mol. The molecule has 0 aliphatic carbocycles. The molecule has 4 N–H and O–H groups in total. The van der Waals surface area contributed by atoms with Crippen LogP contribution in [-0.4, -0.2) is 70.1 Å². The van der Waals surface area contributed by atoms with Crippen molar-refractivity contribution in [1.29, 1.82) is 0 Å². The number of hydrogen-bond acceptors (Lipinski definition) is 8. The highest BCUT2D eigenvalue weighted by atomic mass is 16.8. The van der Waals surface area contributed by atoms with Crippen LogP contribution in [-0.2, 0) is 25.7 Å². The van der Waals surface area contributed by atoms with Crippen LogP contribution in [0.1, 0.15) is 23.6 Å². The van der Waals surface area contributed by atoms with Crippen molar-refractivity contribution in [1.82, 2.24) is 5.32 Å². The average molecular weight is 469 g/mol. The van der Waals surface area contributed by atoms with E-state index in [2.05, 4.69) is 10.5 Å². The van der Waals surface area contributed by atoms with E-state index in [9.17, 15) is 24.9 Å². The van der Waals surface area contributed by atoms with Crippen LogP contribution in [0.3, 0.4) is 0 Å². The smallest absolute Gasteiger partial charge is 0.281 e. The maximum absolute atomic E-state index is 13.3. The minimum absolute atomic E-state index is 0.0426. The predicted octanol–water partition coefficient (Wildman–Crippen LogP) is 0.206. The van der Waals surface area contributed by atoms with Gasteiger partial charge in [-0.1, -0.05) is 47.1 Å². The van der Waals surface area contributed by atoms with Gasteiger partial charge in [0.1, 0.15) is 24.4 Å². The molecule has 0 bridgehead atoms. The quantitative estimate of drug-likeness (QED) is 0.443. The zero-order valence-corrected chi connectivity index (χ0v) is 18.8. The van der Waals surface area contributed by atoms with E-state index < -0.39 is 43.2 Å². The Balaban J connectivity index is 1.64. The van der Waals surface area contributed by atoms with Crippen LogP contribution in [0, 0.1) is 6.92 Å². The molecule has 0 aromatic heterocycles. The molecule has 5 unspecified atom stereocenters. The van der Waals surface area contributed by atoms with Crippen LogP contribution >= 0.6 is 0 Å². The van der Waals surface area contributed by atoms with Crippen molar-refractivity contribution >= 4 is 23.2 Å². The van der Waals surface area contributed by atoms with Crippen molar-refractivity contribution in [2.45, 2.75) is 51.0 Å². The Kier molecular flexibility index (Phi) is 6.94. The van der Waals surface area contributed by atoms with Gasteiger partial charge < -0.3 is 35.1 Å². The number of rotatable bonds is 6. The summed E-state index contributed by atoms with van der Waals surface area (Å²) in [6.45, 7) is 2.87. The molecule has 2 aromatic rings. The van der Waals surface area contributed by atoms with Gasteiger partial charge in [0.05, 0.1) is 18.8 Å². The van der Waals surface area contributed by atoms with Crippen LogP contribution in [0.15, 0.2) is 53.7 Å². The van der Waals surface area contributed by atoms with Gasteiger partial charge in [-0.3, -0.25) is 9.59 Å². The number of carbonyl (C=O) groups excluding carboxylic acids is 2. The molecule has 2 amide bonds. The highest BCUT2D eigenvalue weighted by Gasteiger charge is 2.46. The third-order valence-electron chi connectivity index (χ3n) is 5.83. The normalized spacial score (nSPS) is 27.6. The summed E-state index contributed by atoms with van der Waals surface area (Å²) >= 11 is 0. The number of hydrogen-bond donors (Lipinski definition) is 4. The molecule has 1 saturated heterocycles. The molecule has 4 rings (SSSR count). The lowest BCUT2D eigenvalue weighted by Crippen LogP contribution is -2.64. The summed E-state index contributed by atoms with van der Waals surface area (Å²) in [7, 11) is 0. The number of anilines is 1. The van der Waals surface area contributed by atoms with Gasteiger partial charge >= 0.3 is 0 Å². The number of fused-ring (bicyclic) bond motifs is 1. The molecule has 2 aromatic carbocycles. The van der Waals surface area contributed by atoms with Crippen molar-refractivity contribution < 1.29 is 34.5 Å². The fraction of sp³-hybridized carbons (Fsp3) is 0.375. The number of ether oxygens (including phenoxy) is 1. The first-order chi connectivity index (χ1) is 16.3. The molecule has 180 valence electrons. The Bertz CT molecular complexity index is 1090. The standard InChI is InChI=1S/C24H27N3O7/c1-13-8-9-17-16(10-13)19(23(32)27(17)11-15-6-4-3-5-7-15)26-34-24-20(25-14(2)29)22(31)21(30)18(12-28)33-24/h3-10,18,20-22,24,28,30-31H,11-12H2,1-2H3,(H,25,29)/b26-19-. The monoisotopic (exact) mass is 469 g/mol. The Labute approximate surface area is 196 Å². The second-order valence-corrected chi connectivity index (χ2v) is 8.38. The Morgan fingerprint density at radius 2 is 1.91 bits per heavy atom. The zero-order valence-electron chi connectivity index (χ0n) is 18.8. The molecule has 5 atom stereocenters. The number of benzene rings is 2. The van der Waals surface area contributed by atoms with Crippen molar-refractivity contribution in [2.75, 3.05) is 11.5 Å². The Morgan fingerprint density at radius 1 is 1.18 bits per heavy atom. The van der Waals surface area contributed by atoms with Gasteiger partial charge in [0.25, 0.3) is 5.91 Å². The van der Waals surface area contributed by atoms with Gasteiger partial charge in [0.2, 0.25) is 12.2 Å². The molecule has 0 spiro atoms. The van der Waals surface area contributed by atoms with Gasteiger partial charge in [-0.05, 0) is 24.6 Å². The fourth-order valence-corrected chi connectivity index (χ4v) is 4.10. The summed E-state index contributed by atoms with van der Waals surface area (Å²) in [5.41, 5.74) is 3.15. The van der Waals surface area contributed by atoms with Gasteiger partial charge in [-0.25, -0.2) is 0 Å². The van der Waals surface area contributed by atoms with Crippen molar-refractivity contribution in [3.05, 3.63) is 65.2 Å². The Morgan fingerprint density at radius 3 is 2.59 bits per heavy atom. The van der Waals surface area contributed by atoms with E-state index in [4.69, 9.17) is 9.57 Å². The number of aliphatic hydroxyl groups is 3. The van der Waals surface area contributed by atoms with Crippen LogP contribution in [0.25, 0.3) is 0 Å². The minimum Gasteiger partial charge on any atom is -0.394 e. The van der Waals surface area contributed by atoms with E-state index in [1.807, 2.05) is 55.5 Å². The molecule has 2 aliphatic rings. The molecule has 0 saturated carbocycles. The van der Waals surface area contributed by atoms with E-state index >= 15 is 0 Å². The van der Waals surface area contributed by atoms with E-state index in [1.54, 1.807) is 4.90 Å².